The minimum absolute atomic E-state index is 0.101. The smallest absolute Gasteiger partial charge is 0.422 e. The zero-order chi connectivity index (χ0) is 15.2. The fourth-order valence-electron chi connectivity index (χ4n) is 1.58. The van der Waals surface area contributed by atoms with E-state index in [0.717, 1.165) is 5.56 Å². The van der Waals surface area contributed by atoms with Crippen molar-refractivity contribution in [1.29, 1.82) is 0 Å². The summed E-state index contributed by atoms with van der Waals surface area (Å²) >= 11 is 0. The van der Waals surface area contributed by atoms with Crippen LogP contribution in [0.2, 0.25) is 0 Å². The lowest BCUT2D eigenvalue weighted by Crippen LogP contribution is -2.39. The molecular formula is C14H20F3NO2. The van der Waals surface area contributed by atoms with E-state index in [1.54, 1.807) is 12.1 Å². The molecule has 3 nitrogen and oxygen atoms in total. The first-order valence-electron chi connectivity index (χ1n) is 6.36. The second-order valence-corrected chi connectivity index (χ2v) is 5.26. The van der Waals surface area contributed by atoms with Crippen LogP contribution in [0.25, 0.3) is 0 Å². The number of benzene rings is 1. The number of rotatable bonds is 7. The number of aliphatic hydroxyl groups is 1. The summed E-state index contributed by atoms with van der Waals surface area (Å²) in [6.07, 6.45) is -3.70. The van der Waals surface area contributed by atoms with Crippen LogP contribution >= 0.6 is 0 Å². The minimum atomic E-state index is -4.32. The van der Waals surface area contributed by atoms with Gasteiger partial charge in [0.2, 0.25) is 0 Å². The van der Waals surface area contributed by atoms with Crippen molar-refractivity contribution in [3.8, 4) is 5.75 Å². The van der Waals surface area contributed by atoms with Crippen LogP contribution in [-0.4, -0.2) is 30.0 Å². The summed E-state index contributed by atoms with van der Waals surface area (Å²) in [5.41, 5.74) is 0.746. The third kappa shape index (κ3) is 6.77. The van der Waals surface area contributed by atoms with Gasteiger partial charge in [0.15, 0.2) is 6.61 Å². The lowest BCUT2D eigenvalue weighted by atomic mass is 10.0. The molecule has 0 heterocycles. The van der Waals surface area contributed by atoms with E-state index in [4.69, 9.17) is 5.11 Å². The fourth-order valence-corrected chi connectivity index (χ4v) is 1.58. The monoisotopic (exact) mass is 291 g/mol. The molecule has 0 bridgehead atoms. The van der Waals surface area contributed by atoms with Gasteiger partial charge in [-0.05, 0) is 38.0 Å². The molecule has 0 aromatic heterocycles. The first-order valence-corrected chi connectivity index (χ1v) is 6.36. The molecule has 114 valence electrons. The van der Waals surface area contributed by atoms with Crippen molar-refractivity contribution in [2.45, 2.75) is 38.5 Å². The summed E-state index contributed by atoms with van der Waals surface area (Å²) in [4.78, 5) is 0. The standard InChI is InChI=1S/C14H20F3NO2/c1-13(2,7-8-19)18-9-11-3-5-12(6-4-11)20-10-14(15,16)17/h3-6,18-19H,7-10H2,1-2H3. The van der Waals surface area contributed by atoms with Gasteiger partial charge in [0.05, 0.1) is 0 Å². The van der Waals surface area contributed by atoms with Crippen LogP contribution in [0.1, 0.15) is 25.8 Å². The van der Waals surface area contributed by atoms with E-state index in [-0.39, 0.29) is 17.9 Å². The van der Waals surface area contributed by atoms with Gasteiger partial charge in [-0.25, -0.2) is 0 Å². The van der Waals surface area contributed by atoms with E-state index in [9.17, 15) is 13.2 Å². The molecule has 1 aromatic carbocycles. The van der Waals surface area contributed by atoms with Gasteiger partial charge in [-0.1, -0.05) is 12.1 Å². The molecule has 1 aromatic rings. The topological polar surface area (TPSA) is 41.5 Å². The third-order valence-electron chi connectivity index (χ3n) is 2.83. The Hall–Kier alpha value is -1.27. The fraction of sp³-hybridized carbons (Fsp3) is 0.571. The quantitative estimate of drug-likeness (QED) is 0.811. The summed E-state index contributed by atoms with van der Waals surface area (Å²) in [6.45, 7) is 3.35. The highest BCUT2D eigenvalue weighted by Gasteiger charge is 2.28. The molecule has 0 saturated carbocycles. The first-order chi connectivity index (χ1) is 9.22. The van der Waals surface area contributed by atoms with Gasteiger partial charge in [-0.15, -0.1) is 0 Å². The van der Waals surface area contributed by atoms with Crippen molar-refractivity contribution < 1.29 is 23.0 Å². The number of hydrogen-bond donors (Lipinski definition) is 2. The van der Waals surface area contributed by atoms with Crippen LogP contribution in [0.4, 0.5) is 13.2 Å². The molecule has 0 unspecified atom stereocenters. The highest BCUT2D eigenvalue weighted by Crippen LogP contribution is 2.19. The van der Waals surface area contributed by atoms with Crippen LogP contribution in [0.3, 0.4) is 0 Å². The average Bonchev–Trinajstić information content (AvgIpc) is 2.34. The molecule has 0 aliphatic rings. The van der Waals surface area contributed by atoms with Crippen molar-refractivity contribution in [3.63, 3.8) is 0 Å². The molecule has 0 fully saturated rings. The molecule has 0 amide bonds. The average molecular weight is 291 g/mol. The maximum atomic E-state index is 12.0. The maximum Gasteiger partial charge on any atom is 0.422 e. The SMILES string of the molecule is CC(C)(CCO)NCc1ccc(OCC(F)(F)F)cc1. The number of ether oxygens (including phenoxy) is 1. The lowest BCUT2D eigenvalue weighted by molar-refractivity contribution is -0.153. The number of alkyl halides is 3. The summed E-state index contributed by atoms with van der Waals surface area (Å²) in [5, 5.41) is 12.2. The minimum Gasteiger partial charge on any atom is -0.484 e. The van der Waals surface area contributed by atoms with E-state index in [2.05, 4.69) is 10.1 Å². The van der Waals surface area contributed by atoms with Gasteiger partial charge >= 0.3 is 6.18 Å². The third-order valence-corrected chi connectivity index (χ3v) is 2.83. The van der Waals surface area contributed by atoms with Gasteiger partial charge in [0.25, 0.3) is 0 Å². The Bertz CT molecular complexity index is 402. The van der Waals surface area contributed by atoms with Crippen LogP contribution in [0, 0.1) is 0 Å². The van der Waals surface area contributed by atoms with Gasteiger partial charge in [-0.3, -0.25) is 0 Å². The molecule has 0 aliphatic heterocycles. The summed E-state index contributed by atoms with van der Waals surface area (Å²) in [5.74, 6) is 0.195. The van der Waals surface area contributed by atoms with Gasteiger partial charge in [0.1, 0.15) is 5.75 Å². The Kier molecular flexibility index (Phi) is 5.83. The van der Waals surface area contributed by atoms with Crippen LogP contribution in [-0.2, 0) is 6.54 Å². The molecule has 0 atom stereocenters. The molecule has 0 radical (unpaired) electrons. The van der Waals surface area contributed by atoms with Crippen LogP contribution in [0.15, 0.2) is 24.3 Å². The zero-order valence-corrected chi connectivity index (χ0v) is 11.6. The Labute approximate surface area is 116 Å². The first kappa shape index (κ1) is 16.8. The van der Waals surface area contributed by atoms with Gasteiger partial charge < -0.3 is 15.2 Å². The van der Waals surface area contributed by atoms with Crippen LogP contribution < -0.4 is 10.1 Å². The van der Waals surface area contributed by atoms with Crippen LogP contribution in [0.5, 0.6) is 5.75 Å². The number of hydrogen-bond acceptors (Lipinski definition) is 3. The maximum absolute atomic E-state index is 12.0. The Morgan fingerprint density at radius 3 is 2.25 bits per heavy atom. The molecule has 1 rings (SSSR count). The highest BCUT2D eigenvalue weighted by atomic mass is 19.4. The van der Waals surface area contributed by atoms with Crippen molar-refractivity contribution in [2.24, 2.45) is 0 Å². The van der Waals surface area contributed by atoms with Gasteiger partial charge in [-0.2, -0.15) is 13.2 Å². The second kappa shape index (κ2) is 6.95. The molecule has 0 saturated heterocycles. The normalized spacial score (nSPS) is 12.5. The summed E-state index contributed by atoms with van der Waals surface area (Å²) in [6, 6.07) is 6.46. The predicted molar refractivity (Wildman–Crippen MR) is 70.6 cm³/mol. The Morgan fingerprint density at radius 2 is 1.75 bits per heavy atom. The lowest BCUT2D eigenvalue weighted by Gasteiger charge is -2.25. The number of aliphatic hydroxyl groups excluding tert-OH is 1. The Morgan fingerprint density at radius 1 is 1.15 bits per heavy atom. The van der Waals surface area contributed by atoms with Crippen molar-refractivity contribution in [1.82, 2.24) is 5.32 Å². The van der Waals surface area contributed by atoms with Crippen molar-refractivity contribution >= 4 is 0 Å². The zero-order valence-electron chi connectivity index (χ0n) is 11.6. The van der Waals surface area contributed by atoms with Crippen molar-refractivity contribution in [3.05, 3.63) is 29.8 Å². The van der Waals surface area contributed by atoms with E-state index in [0.29, 0.717) is 13.0 Å². The summed E-state index contributed by atoms with van der Waals surface area (Å²) in [7, 11) is 0. The predicted octanol–water partition coefficient (Wildman–Crippen LogP) is 2.88. The molecule has 6 heteroatoms. The molecule has 20 heavy (non-hydrogen) atoms. The van der Waals surface area contributed by atoms with E-state index in [1.165, 1.54) is 12.1 Å². The highest BCUT2D eigenvalue weighted by molar-refractivity contribution is 5.27. The molecule has 0 aliphatic carbocycles. The summed E-state index contributed by atoms with van der Waals surface area (Å²) < 4.78 is 40.6. The molecule has 0 spiro atoms. The van der Waals surface area contributed by atoms with Crippen molar-refractivity contribution in [2.75, 3.05) is 13.2 Å². The number of halogens is 3. The van der Waals surface area contributed by atoms with E-state index >= 15 is 0 Å². The molecule has 2 N–H and O–H groups in total. The molecular weight excluding hydrogens is 271 g/mol. The Balaban J connectivity index is 2.46. The van der Waals surface area contributed by atoms with E-state index < -0.39 is 12.8 Å². The second-order valence-electron chi connectivity index (χ2n) is 5.26. The number of nitrogens with one attached hydrogen (secondary N) is 1. The van der Waals surface area contributed by atoms with E-state index in [1.807, 2.05) is 13.8 Å². The van der Waals surface area contributed by atoms with Gasteiger partial charge in [0, 0.05) is 18.7 Å². The largest absolute Gasteiger partial charge is 0.484 e.